The van der Waals surface area contributed by atoms with Crippen LogP contribution < -0.4 is 4.90 Å². The molecule has 1 heterocycles. The molecule has 0 aromatic heterocycles. The van der Waals surface area contributed by atoms with Crippen molar-refractivity contribution in [1.82, 2.24) is 4.31 Å². The highest BCUT2D eigenvalue weighted by molar-refractivity contribution is 7.89. The van der Waals surface area contributed by atoms with Gasteiger partial charge in [-0.15, -0.1) is 0 Å². The molecular weight excluding hydrogens is 236 g/mol. The van der Waals surface area contributed by atoms with Crippen molar-refractivity contribution in [2.75, 3.05) is 36.8 Å². The Morgan fingerprint density at radius 1 is 1.18 bits per heavy atom. The minimum absolute atomic E-state index is 0.188. The van der Waals surface area contributed by atoms with Crippen molar-refractivity contribution in [2.24, 2.45) is 0 Å². The molecule has 1 aliphatic rings. The lowest BCUT2D eigenvalue weighted by Crippen LogP contribution is -2.49. The largest absolute Gasteiger partial charge is 0.369 e. The molecule has 1 saturated heterocycles. The van der Waals surface area contributed by atoms with Gasteiger partial charge in [0.05, 0.1) is 5.75 Å². The molecular formula is C12H17N2O2S. The summed E-state index contributed by atoms with van der Waals surface area (Å²) in [5.41, 5.74) is 1.14. The number of benzene rings is 1. The van der Waals surface area contributed by atoms with E-state index in [9.17, 15) is 8.42 Å². The van der Waals surface area contributed by atoms with E-state index in [2.05, 4.69) is 11.0 Å². The molecule has 0 saturated carbocycles. The van der Waals surface area contributed by atoms with E-state index in [1.165, 1.54) is 0 Å². The molecule has 0 N–H and O–H groups in total. The summed E-state index contributed by atoms with van der Waals surface area (Å²) >= 11 is 0. The normalized spacial score (nSPS) is 18.3. The third kappa shape index (κ3) is 2.79. The van der Waals surface area contributed by atoms with Crippen LogP contribution in [0, 0.1) is 6.07 Å². The highest BCUT2D eigenvalue weighted by Gasteiger charge is 2.25. The SMILES string of the molecule is CCS(=O)(=O)N1CCN(c2cc[c]cc2)CC1. The summed E-state index contributed by atoms with van der Waals surface area (Å²) in [7, 11) is -3.03. The summed E-state index contributed by atoms with van der Waals surface area (Å²) < 4.78 is 25.0. The van der Waals surface area contributed by atoms with Crippen LogP contribution in [0.2, 0.25) is 0 Å². The van der Waals surface area contributed by atoms with Gasteiger partial charge in [0.15, 0.2) is 0 Å². The van der Waals surface area contributed by atoms with Crippen molar-refractivity contribution < 1.29 is 8.42 Å². The minimum Gasteiger partial charge on any atom is -0.369 e. The van der Waals surface area contributed by atoms with E-state index in [-0.39, 0.29) is 5.75 Å². The predicted octanol–water partition coefficient (Wildman–Crippen LogP) is 0.958. The van der Waals surface area contributed by atoms with Crippen molar-refractivity contribution in [3.05, 3.63) is 30.3 Å². The van der Waals surface area contributed by atoms with Gasteiger partial charge in [0, 0.05) is 31.9 Å². The first-order valence-electron chi connectivity index (χ1n) is 5.82. The zero-order chi connectivity index (χ0) is 12.3. The average Bonchev–Trinajstić information content (AvgIpc) is 2.40. The monoisotopic (exact) mass is 253 g/mol. The molecule has 2 rings (SSSR count). The second kappa shape index (κ2) is 5.06. The first kappa shape index (κ1) is 12.4. The van der Waals surface area contributed by atoms with Crippen LogP contribution in [0.25, 0.3) is 0 Å². The molecule has 0 atom stereocenters. The van der Waals surface area contributed by atoms with Gasteiger partial charge in [-0.05, 0) is 25.1 Å². The van der Waals surface area contributed by atoms with E-state index in [4.69, 9.17) is 0 Å². The zero-order valence-corrected chi connectivity index (χ0v) is 10.8. The van der Waals surface area contributed by atoms with Gasteiger partial charge in [-0.1, -0.05) is 12.1 Å². The van der Waals surface area contributed by atoms with Crippen LogP contribution >= 0.6 is 0 Å². The summed E-state index contributed by atoms with van der Waals surface area (Å²) in [5.74, 6) is 0.188. The van der Waals surface area contributed by atoms with Gasteiger partial charge in [0.2, 0.25) is 10.0 Å². The summed E-state index contributed by atoms with van der Waals surface area (Å²) in [5, 5.41) is 0. The van der Waals surface area contributed by atoms with Gasteiger partial charge >= 0.3 is 0 Å². The Morgan fingerprint density at radius 2 is 1.76 bits per heavy atom. The van der Waals surface area contributed by atoms with Gasteiger partial charge in [-0.2, -0.15) is 4.31 Å². The first-order chi connectivity index (χ1) is 8.13. The van der Waals surface area contributed by atoms with E-state index in [0.717, 1.165) is 18.8 Å². The molecule has 0 amide bonds. The molecule has 0 aliphatic carbocycles. The fraction of sp³-hybridized carbons (Fsp3) is 0.500. The third-order valence-corrected chi connectivity index (χ3v) is 4.94. The lowest BCUT2D eigenvalue weighted by molar-refractivity contribution is 0.385. The van der Waals surface area contributed by atoms with Gasteiger partial charge in [0.1, 0.15) is 0 Å². The molecule has 5 heteroatoms. The van der Waals surface area contributed by atoms with Crippen LogP contribution in [0.1, 0.15) is 6.92 Å². The average molecular weight is 253 g/mol. The number of anilines is 1. The summed E-state index contributed by atoms with van der Waals surface area (Å²) in [6, 6.07) is 10.7. The van der Waals surface area contributed by atoms with Crippen LogP contribution in [-0.4, -0.2) is 44.7 Å². The molecule has 0 spiro atoms. The van der Waals surface area contributed by atoms with Crippen molar-refractivity contribution >= 4 is 15.7 Å². The van der Waals surface area contributed by atoms with E-state index in [1.54, 1.807) is 11.2 Å². The Labute approximate surface area is 103 Å². The van der Waals surface area contributed by atoms with Crippen LogP contribution in [0.5, 0.6) is 0 Å². The molecule has 0 bridgehead atoms. The molecule has 4 nitrogen and oxygen atoms in total. The van der Waals surface area contributed by atoms with Gasteiger partial charge in [0.25, 0.3) is 0 Å². The standard InChI is InChI=1S/C12H17N2O2S/c1-2-17(15,16)14-10-8-13(9-11-14)12-6-4-3-5-7-12/h4-7H,2,8-11H2,1H3. The highest BCUT2D eigenvalue weighted by Crippen LogP contribution is 2.16. The summed E-state index contributed by atoms with van der Waals surface area (Å²) in [6.07, 6.45) is 0. The van der Waals surface area contributed by atoms with Crippen molar-refractivity contribution in [2.45, 2.75) is 6.92 Å². The number of nitrogens with zero attached hydrogens (tertiary/aromatic N) is 2. The maximum Gasteiger partial charge on any atom is 0.213 e. The molecule has 1 aliphatic heterocycles. The molecule has 1 aromatic rings. The van der Waals surface area contributed by atoms with E-state index in [0.29, 0.717) is 13.1 Å². The van der Waals surface area contributed by atoms with E-state index in [1.807, 2.05) is 24.3 Å². The minimum atomic E-state index is -3.03. The van der Waals surface area contributed by atoms with Gasteiger partial charge < -0.3 is 4.90 Å². The number of hydrogen-bond acceptors (Lipinski definition) is 3. The number of sulfonamides is 1. The first-order valence-corrected chi connectivity index (χ1v) is 7.43. The molecule has 1 radical (unpaired) electrons. The van der Waals surface area contributed by atoms with E-state index >= 15 is 0 Å². The maximum absolute atomic E-state index is 11.7. The van der Waals surface area contributed by atoms with Crippen molar-refractivity contribution in [1.29, 1.82) is 0 Å². The molecule has 0 unspecified atom stereocenters. The van der Waals surface area contributed by atoms with Crippen LogP contribution in [0.15, 0.2) is 24.3 Å². The highest BCUT2D eigenvalue weighted by atomic mass is 32.2. The summed E-state index contributed by atoms with van der Waals surface area (Å²) in [4.78, 5) is 2.20. The second-order valence-electron chi connectivity index (χ2n) is 4.04. The smallest absolute Gasteiger partial charge is 0.213 e. The lowest BCUT2D eigenvalue weighted by Gasteiger charge is -2.35. The summed E-state index contributed by atoms with van der Waals surface area (Å²) in [6.45, 7) is 4.35. The molecule has 1 aromatic carbocycles. The van der Waals surface area contributed by atoms with Crippen LogP contribution in [-0.2, 0) is 10.0 Å². The van der Waals surface area contributed by atoms with Crippen LogP contribution in [0.3, 0.4) is 0 Å². The topological polar surface area (TPSA) is 40.6 Å². The molecule has 1 fully saturated rings. The second-order valence-corrected chi connectivity index (χ2v) is 6.30. The lowest BCUT2D eigenvalue weighted by atomic mass is 10.2. The van der Waals surface area contributed by atoms with Gasteiger partial charge in [-0.25, -0.2) is 8.42 Å². The third-order valence-electron chi connectivity index (χ3n) is 3.06. The Kier molecular flexibility index (Phi) is 3.69. The zero-order valence-electron chi connectivity index (χ0n) is 9.96. The predicted molar refractivity (Wildman–Crippen MR) is 68.5 cm³/mol. The number of hydrogen-bond donors (Lipinski definition) is 0. The Bertz CT molecular complexity index is 451. The van der Waals surface area contributed by atoms with Crippen LogP contribution in [0.4, 0.5) is 5.69 Å². The fourth-order valence-corrected chi connectivity index (χ4v) is 3.08. The Hall–Kier alpha value is -1.07. The van der Waals surface area contributed by atoms with E-state index < -0.39 is 10.0 Å². The maximum atomic E-state index is 11.7. The Morgan fingerprint density at radius 3 is 2.29 bits per heavy atom. The number of piperazine rings is 1. The van der Waals surface area contributed by atoms with Gasteiger partial charge in [-0.3, -0.25) is 0 Å². The molecule has 93 valence electrons. The van der Waals surface area contributed by atoms with Crippen molar-refractivity contribution in [3.63, 3.8) is 0 Å². The Balaban J connectivity index is 2.00. The number of rotatable bonds is 3. The quantitative estimate of drug-likeness (QED) is 0.805. The molecule has 17 heavy (non-hydrogen) atoms. The fourth-order valence-electron chi connectivity index (χ4n) is 2.00. The van der Waals surface area contributed by atoms with Crippen molar-refractivity contribution in [3.8, 4) is 0 Å².